The lowest BCUT2D eigenvalue weighted by Gasteiger charge is -2.31. The van der Waals surface area contributed by atoms with Crippen molar-refractivity contribution in [2.45, 2.75) is 44.1 Å². The van der Waals surface area contributed by atoms with Gasteiger partial charge < -0.3 is 15.8 Å². The molecule has 33 heavy (non-hydrogen) atoms. The van der Waals surface area contributed by atoms with E-state index in [4.69, 9.17) is 15.9 Å². The van der Waals surface area contributed by atoms with Crippen LogP contribution in [0.25, 0.3) is 10.1 Å². The summed E-state index contributed by atoms with van der Waals surface area (Å²) >= 11 is 1.58. The molecule has 0 unspecified atom stereocenters. The Labute approximate surface area is 197 Å². The number of nitrogen functional groups attached to an aromatic ring is 1. The average Bonchev–Trinajstić information content (AvgIpc) is 3.26. The molecule has 0 spiro atoms. The molecular formula is C26H29N3O3S. The highest BCUT2D eigenvalue weighted by atomic mass is 32.1. The number of esters is 1. The number of carbonyl (C=O) groups excluding carboxylic acids is 2. The van der Waals surface area contributed by atoms with Crippen LogP contribution >= 0.6 is 11.3 Å². The monoisotopic (exact) mass is 463 g/mol. The molecule has 1 amide bonds. The number of benzene rings is 2. The zero-order valence-electron chi connectivity index (χ0n) is 18.7. The van der Waals surface area contributed by atoms with E-state index < -0.39 is 5.92 Å². The fourth-order valence-corrected chi connectivity index (χ4v) is 5.70. The fraction of sp³-hybridized carbons (Fsp3) is 0.346. The van der Waals surface area contributed by atoms with Gasteiger partial charge in [0.2, 0.25) is 5.91 Å². The number of fused-ring (bicyclic) bond motifs is 1. The van der Waals surface area contributed by atoms with Gasteiger partial charge in [-0.05, 0) is 59.4 Å². The molecule has 0 aliphatic heterocycles. The number of thiophene rings is 1. The maximum absolute atomic E-state index is 13.7. The van der Waals surface area contributed by atoms with Crippen molar-refractivity contribution < 1.29 is 14.3 Å². The van der Waals surface area contributed by atoms with E-state index >= 15 is 0 Å². The first-order valence-corrected chi connectivity index (χ1v) is 12.1. The molecule has 7 heteroatoms. The predicted octanol–water partition coefficient (Wildman–Crippen LogP) is 4.36. The van der Waals surface area contributed by atoms with Crippen molar-refractivity contribution in [2.24, 2.45) is 11.7 Å². The second-order valence-corrected chi connectivity index (χ2v) is 9.50. The average molecular weight is 464 g/mol. The summed E-state index contributed by atoms with van der Waals surface area (Å²) in [6, 6.07) is 15.4. The van der Waals surface area contributed by atoms with Gasteiger partial charge >= 0.3 is 5.97 Å². The van der Waals surface area contributed by atoms with Crippen LogP contribution in [-0.2, 0) is 20.7 Å². The van der Waals surface area contributed by atoms with Crippen molar-refractivity contribution in [2.75, 3.05) is 7.11 Å². The lowest BCUT2D eigenvalue weighted by atomic mass is 9.83. The molecule has 6 nitrogen and oxygen atoms in total. The fourth-order valence-electron chi connectivity index (χ4n) is 4.70. The normalized spacial score (nSPS) is 19.1. The van der Waals surface area contributed by atoms with Gasteiger partial charge in [0.05, 0.1) is 18.9 Å². The Hall–Kier alpha value is -3.19. The highest BCUT2D eigenvalue weighted by Gasteiger charge is 2.35. The maximum atomic E-state index is 13.7. The van der Waals surface area contributed by atoms with E-state index in [1.807, 2.05) is 53.9 Å². The molecule has 1 aromatic heterocycles. The lowest BCUT2D eigenvalue weighted by Crippen LogP contribution is -2.47. The molecule has 1 fully saturated rings. The van der Waals surface area contributed by atoms with E-state index in [0.29, 0.717) is 12.0 Å². The minimum Gasteiger partial charge on any atom is -0.469 e. The molecule has 1 aliphatic carbocycles. The number of hydrogen-bond acceptors (Lipinski definition) is 5. The number of rotatable bonds is 7. The standard InChI is InChI=1S/C26H29N3O3S/c1-32-26(31)18-9-5-6-10-22(18)29-25(30)20(13-16-7-3-2-4-8-16)21-15-33-23-12-11-17(24(27)28)14-19(21)23/h2-4,7-8,11-12,14-15,18,20,22H,5-6,9-10,13H2,1H3,(H3,27,28)(H,29,30)/t18-,20-,22+/m0/s1. The Morgan fingerprint density at radius 2 is 1.94 bits per heavy atom. The number of hydrogen-bond donors (Lipinski definition) is 3. The zero-order chi connectivity index (χ0) is 23.4. The quantitative estimate of drug-likeness (QED) is 0.275. The van der Waals surface area contributed by atoms with Gasteiger partial charge in [-0.15, -0.1) is 11.3 Å². The topological polar surface area (TPSA) is 105 Å². The van der Waals surface area contributed by atoms with E-state index in [0.717, 1.165) is 46.9 Å². The van der Waals surface area contributed by atoms with Crippen LogP contribution in [0.15, 0.2) is 53.9 Å². The van der Waals surface area contributed by atoms with E-state index in [1.165, 1.54) is 7.11 Å². The van der Waals surface area contributed by atoms with Crippen LogP contribution in [0.1, 0.15) is 48.3 Å². The molecule has 1 heterocycles. The number of amides is 1. The largest absolute Gasteiger partial charge is 0.469 e. The molecule has 172 valence electrons. The van der Waals surface area contributed by atoms with Gasteiger partial charge in [-0.2, -0.15) is 0 Å². The van der Waals surface area contributed by atoms with Crippen LogP contribution in [0.4, 0.5) is 0 Å². The van der Waals surface area contributed by atoms with Gasteiger partial charge in [0.1, 0.15) is 5.84 Å². The number of ether oxygens (including phenoxy) is 1. The summed E-state index contributed by atoms with van der Waals surface area (Å²) < 4.78 is 6.05. The molecule has 1 aliphatic rings. The number of carbonyl (C=O) groups is 2. The van der Waals surface area contributed by atoms with Gasteiger partial charge in [0.25, 0.3) is 0 Å². The summed E-state index contributed by atoms with van der Waals surface area (Å²) in [5, 5.41) is 14.0. The first-order valence-electron chi connectivity index (χ1n) is 11.3. The zero-order valence-corrected chi connectivity index (χ0v) is 19.5. The van der Waals surface area contributed by atoms with Crippen LogP contribution in [0.5, 0.6) is 0 Å². The van der Waals surface area contributed by atoms with Crippen LogP contribution < -0.4 is 11.1 Å². The van der Waals surface area contributed by atoms with Crippen LogP contribution in [0, 0.1) is 11.3 Å². The second-order valence-electron chi connectivity index (χ2n) is 8.59. The molecule has 4 N–H and O–H groups in total. The van der Waals surface area contributed by atoms with Crippen molar-refractivity contribution in [3.63, 3.8) is 0 Å². The Morgan fingerprint density at radius 1 is 1.18 bits per heavy atom. The van der Waals surface area contributed by atoms with Crippen molar-refractivity contribution in [3.05, 3.63) is 70.6 Å². The first kappa shape index (κ1) is 23.0. The van der Waals surface area contributed by atoms with Crippen LogP contribution in [-0.4, -0.2) is 30.9 Å². The van der Waals surface area contributed by atoms with Gasteiger partial charge in [0, 0.05) is 16.3 Å². The number of nitrogens with one attached hydrogen (secondary N) is 2. The van der Waals surface area contributed by atoms with Crippen LogP contribution in [0.3, 0.4) is 0 Å². The summed E-state index contributed by atoms with van der Waals surface area (Å²) in [5.41, 5.74) is 8.35. The molecule has 3 aromatic rings. The van der Waals surface area contributed by atoms with Gasteiger partial charge in [-0.25, -0.2) is 0 Å². The first-order chi connectivity index (χ1) is 16.0. The third-order valence-corrected chi connectivity index (χ3v) is 7.47. The van der Waals surface area contributed by atoms with Crippen molar-refractivity contribution in [1.82, 2.24) is 5.32 Å². The number of nitrogens with two attached hydrogens (primary N) is 1. The minimum atomic E-state index is -0.427. The summed E-state index contributed by atoms with van der Waals surface area (Å²) in [4.78, 5) is 26.0. The lowest BCUT2D eigenvalue weighted by molar-refractivity contribution is -0.147. The molecule has 2 aromatic carbocycles. The number of amidine groups is 1. The second kappa shape index (κ2) is 10.2. The van der Waals surface area contributed by atoms with E-state index in [2.05, 4.69) is 5.32 Å². The third kappa shape index (κ3) is 5.09. The number of methoxy groups -OCH3 is 1. The van der Waals surface area contributed by atoms with Gasteiger partial charge in [-0.3, -0.25) is 15.0 Å². The third-order valence-electron chi connectivity index (χ3n) is 6.49. The predicted molar refractivity (Wildman–Crippen MR) is 132 cm³/mol. The van der Waals surface area contributed by atoms with Crippen molar-refractivity contribution in [3.8, 4) is 0 Å². The molecule has 4 rings (SSSR count). The summed E-state index contributed by atoms with van der Waals surface area (Å²) in [6.45, 7) is 0. The Kier molecular flexibility index (Phi) is 7.08. The van der Waals surface area contributed by atoms with E-state index in [-0.39, 0.29) is 29.7 Å². The Bertz CT molecular complexity index is 1160. The Balaban J connectivity index is 1.69. The van der Waals surface area contributed by atoms with Gasteiger partial charge in [-0.1, -0.05) is 43.2 Å². The maximum Gasteiger partial charge on any atom is 0.310 e. The molecule has 0 saturated heterocycles. The summed E-state index contributed by atoms with van der Waals surface area (Å²) in [6.07, 6.45) is 3.97. The SMILES string of the molecule is COC(=O)[C@H]1CCCC[C@H]1NC(=O)[C@@H](Cc1ccccc1)c1csc2ccc(C(=N)N)cc12. The van der Waals surface area contributed by atoms with Crippen molar-refractivity contribution >= 4 is 39.1 Å². The molecule has 1 saturated carbocycles. The van der Waals surface area contributed by atoms with Crippen molar-refractivity contribution in [1.29, 1.82) is 5.41 Å². The highest BCUT2D eigenvalue weighted by molar-refractivity contribution is 7.17. The summed E-state index contributed by atoms with van der Waals surface area (Å²) in [7, 11) is 1.40. The molecule has 0 radical (unpaired) electrons. The smallest absolute Gasteiger partial charge is 0.310 e. The highest BCUT2D eigenvalue weighted by Crippen LogP contribution is 2.35. The minimum absolute atomic E-state index is 0.00114. The van der Waals surface area contributed by atoms with E-state index in [9.17, 15) is 9.59 Å². The van der Waals surface area contributed by atoms with E-state index in [1.54, 1.807) is 11.3 Å². The summed E-state index contributed by atoms with van der Waals surface area (Å²) in [5.74, 6) is -1.09. The molecule has 3 atom stereocenters. The Morgan fingerprint density at radius 3 is 2.67 bits per heavy atom. The molecule has 0 bridgehead atoms. The van der Waals surface area contributed by atoms with Gasteiger partial charge in [0.15, 0.2) is 0 Å². The van der Waals surface area contributed by atoms with Crippen LogP contribution in [0.2, 0.25) is 0 Å². The molecular weight excluding hydrogens is 434 g/mol.